The summed E-state index contributed by atoms with van der Waals surface area (Å²) in [4.78, 5) is 10.5. The molecule has 0 aliphatic rings. The van der Waals surface area contributed by atoms with Crippen molar-refractivity contribution in [2.45, 2.75) is 10.9 Å². The quantitative estimate of drug-likeness (QED) is 0.502. The molecule has 0 unspecified atom stereocenters. The number of anilines is 1. The Kier molecular flexibility index (Phi) is 3.95. The van der Waals surface area contributed by atoms with Crippen molar-refractivity contribution in [3.63, 3.8) is 0 Å². The summed E-state index contributed by atoms with van der Waals surface area (Å²) in [7, 11) is 3.41. The third kappa shape index (κ3) is 2.81. The summed E-state index contributed by atoms with van der Waals surface area (Å²) in [5.74, 6) is 0.548. The van der Waals surface area contributed by atoms with Crippen LogP contribution in [0.15, 0.2) is 23.4 Å². The van der Waals surface area contributed by atoms with Gasteiger partial charge < -0.3 is 5.32 Å². The fraction of sp³-hybridized carbons (Fsp3) is 0.300. The maximum Gasteiger partial charge on any atom is 0.292 e. The lowest BCUT2D eigenvalue weighted by Crippen LogP contribution is -2.00. The van der Waals surface area contributed by atoms with Gasteiger partial charge in [-0.15, -0.1) is 5.10 Å². The van der Waals surface area contributed by atoms with Crippen molar-refractivity contribution < 1.29 is 4.92 Å². The molecule has 2 aromatic rings. The number of rotatable bonds is 5. The summed E-state index contributed by atoms with van der Waals surface area (Å²) < 4.78 is 1.56. The normalized spacial score (nSPS) is 10.4. The maximum atomic E-state index is 10.9. The Bertz CT molecular complexity index is 599. The number of benzene rings is 1. The summed E-state index contributed by atoms with van der Waals surface area (Å²) in [6.45, 7) is 0. The number of aryl methyl sites for hydroxylation is 1. The molecule has 1 heterocycles. The van der Waals surface area contributed by atoms with Crippen molar-refractivity contribution in [2.75, 3.05) is 12.4 Å². The van der Waals surface area contributed by atoms with Crippen LogP contribution in [0.1, 0.15) is 5.56 Å². The van der Waals surface area contributed by atoms with Gasteiger partial charge in [-0.1, -0.05) is 23.9 Å². The average molecular weight is 280 g/mol. The van der Waals surface area contributed by atoms with Crippen LogP contribution in [0.3, 0.4) is 0 Å². The Hall–Kier alpha value is -2.16. The second-order valence-electron chi connectivity index (χ2n) is 3.69. The van der Waals surface area contributed by atoms with E-state index in [1.165, 1.54) is 17.8 Å². The minimum Gasteiger partial charge on any atom is -0.382 e. The van der Waals surface area contributed by atoms with E-state index in [1.54, 1.807) is 24.8 Å². The van der Waals surface area contributed by atoms with Crippen LogP contribution in [-0.4, -0.2) is 32.2 Å². The summed E-state index contributed by atoms with van der Waals surface area (Å²) >= 11 is 1.42. The molecule has 1 aromatic carbocycles. The van der Waals surface area contributed by atoms with E-state index < -0.39 is 4.92 Å². The van der Waals surface area contributed by atoms with Crippen molar-refractivity contribution in [1.29, 1.82) is 0 Å². The topological polar surface area (TPSA) is 98.8 Å². The molecule has 0 aliphatic heterocycles. The van der Waals surface area contributed by atoms with Gasteiger partial charge >= 0.3 is 0 Å². The molecule has 8 nitrogen and oxygen atoms in total. The summed E-state index contributed by atoms with van der Waals surface area (Å²) in [5.41, 5.74) is 1.43. The second kappa shape index (κ2) is 5.65. The van der Waals surface area contributed by atoms with E-state index in [-0.39, 0.29) is 5.69 Å². The molecule has 9 heteroatoms. The Morgan fingerprint density at radius 3 is 2.89 bits per heavy atom. The Balaban J connectivity index is 2.23. The van der Waals surface area contributed by atoms with Crippen molar-refractivity contribution in [3.8, 4) is 0 Å². The van der Waals surface area contributed by atoms with Gasteiger partial charge in [-0.25, -0.2) is 4.68 Å². The number of nitrogens with one attached hydrogen (secondary N) is 1. The first-order chi connectivity index (χ1) is 9.13. The Labute approximate surface area is 113 Å². The lowest BCUT2D eigenvalue weighted by atomic mass is 10.1. The molecular formula is C10H12N6O2S. The molecule has 2 rings (SSSR count). The maximum absolute atomic E-state index is 10.9. The smallest absolute Gasteiger partial charge is 0.292 e. The van der Waals surface area contributed by atoms with Gasteiger partial charge in [0.05, 0.1) is 4.92 Å². The molecular weight excluding hydrogens is 268 g/mol. The SMILES string of the molecule is CNc1c(CSc2nnnn2C)cccc1[N+](=O)[O-]. The fourth-order valence-corrected chi connectivity index (χ4v) is 2.48. The van der Waals surface area contributed by atoms with Crippen molar-refractivity contribution in [1.82, 2.24) is 20.2 Å². The molecule has 0 saturated heterocycles. The number of thioether (sulfide) groups is 1. The Morgan fingerprint density at radius 2 is 2.32 bits per heavy atom. The largest absolute Gasteiger partial charge is 0.382 e. The predicted molar refractivity (Wildman–Crippen MR) is 71.0 cm³/mol. The van der Waals surface area contributed by atoms with E-state index in [2.05, 4.69) is 20.8 Å². The number of aromatic nitrogens is 4. The molecule has 0 bridgehead atoms. The van der Waals surface area contributed by atoms with Crippen LogP contribution in [0.25, 0.3) is 0 Å². The number of hydrogen-bond acceptors (Lipinski definition) is 7. The monoisotopic (exact) mass is 280 g/mol. The van der Waals surface area contributed by atoms with Crippen LogP contribution < -0.4 is 5.32 Å². The van der Waals surface area contributed by atoms with Gasteiger partial charge in [-0.3, -0.25) is 10.1 Å². The molecule has 0 aliphatic carbocycles. The number of para-hydroxylation sites is 1. The summed E-state index contributed by atoms with van der Waals surface area (Å²) in [6.07, 6.45) is 0. The summed E-state index contributed by atoms with van der Waals surface area (Å²) in [6, 6.07) is 4.99. The molecule has 0 atom stereocenters. The third-order valence-corrected chi connectivity index (χ3v) is 3.57. The van der Waals surface area contributed by atoms with Crippen molar-refractivity contribution in [3.05, 3.63) is 33.9 Å². The highest BCUT2D eigenvalue weighted by atomic mass is 32.2. The minimum atomic E-state index is -0.399. The van der Waals surface area contributed by atoms with Gasteiger partial charge in [0.15, 0.2) is 0 Å². The lowest BCUT2D eigenvalue weighted by molar-refractivity contribution is -0.384. The average Bonchev–Trinajstić information content (AvgIpc) is 2.81. The summed E-state index contributed by atoms with van der Waals surface area (Å²) in [5, 5.41) is 25.6. The van der Waals surface area contributed by atoms with Gasteiger partial charge in [0.1, 0.15) is 5.69 Å². The first-order valence-electron chi connectivity index (χ1n) is 5.42. The van der Waals surface area contributed by atoms with Crippen LogP contribution in [-0.2, 0) is 12.8 Å². The molecule has 19 heavy (non-hydrogen) atoms. The molecule has 1 N–H and O–H groups in total. The zero-order valence-corrected chi connectivity index (χ0v) is 11.2. The Morgan fingerprint density at radius 1 is 1.53 bits per heavy atom. The zero-order valence-electron chi connectivity index (χ0n) is 10.4. The van der Waals surface area contributed by atoms with Crippen LogP contribution in [0, 0.1) is 10.1 Å². The highest BCUT2D eigenvalue weighted by molar-refractivity contribution is 7.98. The molecule has 0 radical (unpaired) electrons. The van der Waals surface area contributed by atoms with E-state index >= 15 is 0 Å². The molecule has 0 spiro atoms. The first-order valence-corrected chi connectivity index (χ1v) is 6.41. The molecule has 0 amide bonds. The highest BCUT2D eigenvalue weighted by Crippen LogP contribution is 2.31. The van der Waals surface area contributed by atoms with Crippen LogP contribution >= 0.6 is 11.8 Å². The lowest BCUT2D eigenvalue weighted by Gasteiger charge is -2.08. The molecule has 100 valence electrons. The molecule has 0 saturated carbocycles. The minimum absolute atomic E-state index is 0.0664. The third-order valence-electron chi connectivity index (χ3n) is 2.51. The van der Waals surface area contributed by atoms with E-state index in [0.717, 1.165) is 5.56 Å². The van der Waals surface area contributed by atoms with Crippen molar-refractivity contribution in [2.24, 2.45) is 7.05 Å². The van der Waals surface area contributed by atoms with Crippen LogP contribution in [0.5, 0.6) is 0 Å². The number of nitrogens with zero attached hydrogens (tertiary/aromatic N) is 5. The van der Waals surface area contributed by atoms with Gasteiger partial charge in [-0.2, -0.15) is 0 Å². The van der Waals surface area contributed by atoms with Crippen LogP contribution in [0.2, 0.25) is 0 Å². The fourth-order valence-electron chi connectivity index (χ4n) is 1.63. The van der Waals surface area contributed by atoms with Gasteiger partial charge in [-0.05, 0) is 16.0 Å². The van der Waals surface area contributed by atoms with E-state index in [9.17, 15) is 10.1 Å². The number of tetrazole rings is 1. The number of nitro groups is 1. The van der Waals surface area contributed by atoms with Gasteiger partial charge in [0.25, 0.3) is 5.69 Å². The van der Waals surface area contributed by atoms with Crippen LogP contribution in [0.4, 0.5) is 11.4 Å². The number of hydrogen-bond donors (Lipinski definition) is 1. The predicted octanol–water partition coefficient (Wildman–Crippen LogP) is 1.45. The second-order valence-corrected chi connectivity index (χ2v) is 4.63. The van der Waals surface area contributed by atoms with E-state index in [4.69, 9.17) is 0 Å². The van der Waals surface area contributed by atoms with Crippen molar-refractivity contribution >= 4 is 23.1 Å². The first kappa shape index (κ1) is 13.3. The molecule has 1 aromatic heterocycles. The molecule has 0 fully saturated rings. The van der Waals surface area contributed by atoms with E-state index in [0.29, 0.717) is 16.6 Å². The van der Waals surface area contributed by atoms with Gasteiger partial charge in [0, 0.05) is 25.9 Å². The highest BCUT2D eigenvalue weighted by Gasteiger charge is 2.16. The zero-order chi connectivity index (χ0) is 13.8. The van der Waals surface area contributed by atoms with Gasteiger partial charge in [0.2, 0.25) is 5.16 Å². The number of nitro benzene ring substituents is 1. The standard InChI is InChI=1S/C10H12N6O2S/c1-11-9-7(4-3-5-8(9)16(17)18)6-19-10-12-13-14-15(10)2/h3-5,11H,6H2,1-2H3. The van der Waals surface area contributed by atoms with E-state index in [1.807, 2.05) is 6.07 Å².